The lowest BCUT2D eigenvalue weighted by Crippen LogP contribution is -2.33. The normalized spacial score (nSPS) is 17.6. The Morgan fingerprint density at radius 3 is 2.64 bits per heavy atom. The van der Waals surface area contributed by atoms with Gasteiger partial charge in [-0.2, -0.15) is 0 Å². The van der Waals surface area contributed by atoms with Crippen LogP contribution in [0.25, 0.3) is 0 Å². The van der Waals surface area contributed by atoms with Crippen molar-refractivity contribution >= 4 is 11.9 Å². The van der Waals surface area contributed by atoms with Crippen LogP contribution in [0.1, 0.15) is 44.2 Å². The van der Waals surface area contributed by atoms with E-state index in [0.29, 0.717) is 25.3 Å². The van der Waals surface area contributed by atoms with Crippen molar-refractivity contribution in [3.63, 3.8) is 0 Å². The van der Waals surface area contributed by atoms with Crippen molar-refractivity contribution in [1.29, 1.82) is 0 Å². The summed E-state index contributed by atoms with van der Waals surface area (Å²) in [6, 6.07) is 8.43. The predicted molar refractivity (Wildman–Crippen MR) is 85.6 cm³/mol. The van der Waals surface area contributed by atoms with E-state index in [9.17, 15) is 9.59 Å². The lowest BCUT2D eigenvalue weighted by Gasteiger charge is -2.24. The molecule has 0 radical (unpaired) electrons. The van der Waals surface area contributed by atoms with Gasteiger partial charge >= 0.3 is 5.97 Å². The van der Waals surface area contributed by atoms with Gasteiger partial charge in [0.05, 0.1) is 5.41 Å². The minimum absolute atomic E-state index is 0.0329. The van der Waals surface area contributed by atoms with Gasteiger partial charge in [0.2, 0.25) is 5.91 Å². The third kappa shape index (κ3) is 4.33. The molecular weight excluding hydrogens is 278 g/mol. The molecule has 4 nitrogen and oxygen atoms in total. The van der Waals surface area contributed by atoms with Crippen LogP contribution in [0.3, 0.4) is 0 Å². The third-order valence-electron chi connectivity index (χ3n) is 4.57. The molecule has 1 atom stereocenters. The fourth-order valence-corrected chi connectivity index (χ4v) is 2.90. The number of aryl methyl sites for hydroxylation is 1. The molecule has 0 saturated carbocycles. The van der Waals surface area contributed by atoms with Crippen LogP contribution in [0, 0.1) is 11.3 Å². The van der Waals surface area contributed by atoms with Gasteiger partial charge in [0.25, 0.3) is 0 Å². The summed E-state index contributed by atoms with van der Waals surface area (Å²) >= 11 is 0. The van der Waals surface area contributed by atoms with Gasteiger partial charge in [0.1, 0.15) is 0 Å². The second-order valence-electron chi connectivity index (χ2n) is 6.87. The van der Waals surface area contributed by atoms with Crippen LogP contribution >= 0.6 is 0 Å². The molecule has 1 aliphatic carbocycles. The van der Waals surface area contributed by atoms with Gasteiger partial charge in [-0.1, -0.05) is 24.3 Å². The van der Waals surface area contributed by atoms with E-state index in [2.05, 4.69) is 29.6 Å². The summed E-state index contributed by atoms with van der Waals surface area (Å²) in [6.45, 7) is 3.78. The molecule has 0 heterocycles. The first kappa shape index (κ1) is 16.5. The molecule has 0 aromatic heterocycles. The number of rotatable bonds is 6. The van der Waals surface area contributed by atoms with Crippen LogP contribution < -0.4 is 5.32 Å². The monoisotopic (exact) mass is 303 g/mol. The first-order chi connectivity index (χ1) is 10.4. The maximum Gasteiger partial charge on any atom is 0.309 e. The second kappa shape index (κ2) is 6.95. The lowest BCUT2D eigenvalue weighted by atomic mass is 9.82. The molecule has 1 aliphatic rings. The fourth-order valence-electron chi connectivity index (χ4n) is 2.90. The van der Waals surface area contributed by atoms with E-state index in [1.165, 1.54) is 11.1 Å². The number of fused-ring (bicyclic) bond motifs is 1. The smallest absolute Gasteiger partial charge is 0.309 e. The van der Waals surface area contributed by atoms with Gasteiger partial charge in [-0.25, -0.2) is 0 Å². The molecule has 120 valence electrons. The summed E-state index contributed by atoms with van der Waals surface area (Å²) in [4.78, 5) is 23.0. The van der Waals surface area contributed by atoms with Crippen LogP contribution in [-0.4, -0.2) is 23.5 Å². The molecule has 2 N–H and O–H groups in total. The van der Waals surface area contributed by atoms with Crippen molar-refractivity contribution in [3.8, 4) is 0 Å². The molecule has 4 heteroatoms. The minimum atomic E-state index is -0.828. The van der Waals surface area contributed by atoms with Gasteiger partial charge < -0.3 is 10.4 Å². The van der Waals surface area contributed by atoms with Gasteiger partial charge in [-0.3, -0.25) is 9.59 Å². The van der Waals surface area contributed by atoms with Crippen molar-refractivity contribution in [2.75, 3.05) is 6.54 Å². The number of aliphatic carboxylic acids is 1. The Balaban J connectivity index is 1.76. The van der Waals surface area contributed by atoms with Gasteiger partial charge in [-0.15, -0.1) is 0 Å². The van der Waals surface area contributed by atoms with Crippen LogP contribution in [0.2, 0.25) is 0 Å². The average molecular weight is 303 g/mol. The van der Waals surface area contributed by atoms with E-state index in [0.717, 1.165) is 19.3 Å². The zero-order chi connectivity index (χ0) is 16.2. The quantitative estimate of drug-likeness (QED) is 0.849. The molecule has 0 fully saturated rings. The molecule has 0 spiro atoms. The van der Waals surface area contributed by atoms with Gasteiger partial charge in [0.15, 0.2) is 0 Å². The molecule has 22 heavy (non-hydrogen) atoms. The Labute approximate surface area is 131 Å². The summed E-state index contributed by atoms with van der Waals surface area (Å²) in [5, 5.41) is 11.9. The standard InChI is InChI=1S/C18H25NO3/c1-18(2,17(21)22)9-10-19-16(20)12-13-7-8-14-5-3-4-6-15(14)11-13/h3-6,13H,7-12H2,1-2H3,(H,19,20)(H,21,22). The summed E-state index contributed by atoms with van der Waals surface area (Å²) < 4.78 is 0. The highest BCUT2D eigenvalue weighted by Gasteiger charge is 2.27. The van der Waals surface area contributed by atoms with E-state index >= 15 is 0 Å². The molecule has 2 rings (SSSR count). The Morgan fingerprint density at radius 1 is 1.27 bits per heavy atom. The number of benzene rings is 1. The van der Waals surface area contributed by atoms with Crippen LogP contribution in [-0.2, 0) is 22.4 Å². The van der Waals surface area contributed by atoms with Crippen LogP contribution in [0.5, 0.6) is 0 Å². The van der Waals surface area contributed by atoms with Crippen molar-refractivity contribution in [3.05, 3.63) is 35.4 Å². The van der Waals surface area contributed by atoms with Crippen molar-refractivity contribution in [1.82, 2.24) is 5.32 Å². The number of carboxylic acids is 1. The molecule has 1 amide bonds. The van der Waals surface area contributed by atoms with E-state index in [1.807, 2.05) is 0 Å². The Kier molecular flexibility index (Phi) is 5.22. The molecule has 0 saturated heterocycles. The molecular formula is C18H25NO3. The zero-order valence-corrected chi connectivity index (χ0v) is 13.4. The van der Waals surface area contributed by atoms with Crippen LogP contribution in [0.15, 0.2) is 24.3 Å². The largest absolute Gasteiger partial charge is 0.481 e. The number of hydrogen-bond donors (Lipinski definition) is 2. The van der Waals surface area contributed by atoms with Gasteiger partial charge in [0, 0.05) is 13.0 Å². The zero-order valence-electron chi connectivity index (χ0n) is 13.4. The molecule has 1 unspecified atom stereocenters. The van der Waals surface area contributed by atoms with Crippen molar-refractivity contribution in [2.45, 2.75) is 46.0 Å². The van der Waals surface area contributed by atoms with Crippen molar-refractivity contribution < 1.29 is 14.7 Å². The highest BCUT2D eigenvalue weighted by atomic mass is 16.4. The number of nitrogens with one attached hydrogen (secondary N) is 1. The summed E-state index contributed by atoms with van der Waals surface area (Å²) in [5.41, 5.74) is 1.97. The molecule has 0 bridgehead atoms. The number of carboxylic acid groups (broad SMARTS) is 1. The molecule has 1 aromatic rings. The molecule has 1 aromatic carbocycles. The number of amides is 1. The maximum absolute atomic E-state index is 12.0. The van der Waals surface area contributed by atoms with Crippen LogP contribution in [0.4, 0.5) is 0 Å². The summed E-state index contributed by atoms with van der Waals surface area (Å²) in [5.74, 6) is -0.404. The van der Waals surface area contributed by atoms with E-state index < -0.39 is 11.4 Å². The highest BCUT2D eigenvalue weighted by Crippen LogP contribution is 2.27. The molecule has 0 aliphatic heterocycles. The minimum Gasteiger partial charge on any atom is -0.481 e. The number of carbonyl (C=O) groups is 2. The predicted octanol–water partition coefficient (Wildman–Crippen LogP) is 2.80. The van der Waals surface area contributed by atoms with E-state index in [-0.39, 0.29) is 5.91 Å². The van der Waals surface area contributed by atoms with E-state index in [1.54, 1.807) is 13.8 Å². The SMILES string of the molecule is CC(C)(CCNC(=O)CC1CCc2ccccc2C1)C(=O)O. The van der Waals surface area contributed by atoms with E-state index in [4.69, 9.17) is 5.11 Å². The Morgan fingerprint density at radius 2 is 1.95 bits per heavy atom. The lowest BCUT2D eigenvalue weighted by molar-refractivity contribution is -0.147. The average Bonchev–Trinajstić information content (AvgIpc) is 2.46. The second-order valence-corrected chi connectivity index (χ2v) is 6.87. The maximum atomic E-state index is 12.0. The topological polar surface area (TPSA) is 66.4 Å². The third-order valence-corrected chi connectivity index (χ3v) is 4.57. The first-order valence-corrected chi connectivity index (χ1v) is 7.95. The number of carbonyl (C=O) groups excluding carboxylic acids is 1. The number of hydrogen-bond acceptors (Lipinski definition) is 2. The Hall–Kier alpha value is -1.84. The Bertz CT molecular complexity index is 551. The highest BCUT2D eigenvalue weighted by molar-refractivity contribution is 5.76. The van der Waals surface area contributed by atoms with Crippen molar-refractivity contribution in [2.24, 2.45) is 11.3 Å². The first-order valence-electron chi connectivity index (χ1n) is 7.95. The summed E-state index contributed by atoms with van der Waals surface area (Å²) in [7, 11) is 0. The summed E-state index contributed by atoms with van der Waals surface area (Å²) in [6.07, 6.45) is 4.03. The van der Waals surface area contributed by atoms with Gasteiger partial charge in [-0.05, 0) is 56.6 Å². The fraction of sp³-hybridized carbons (Fsp3) is 0.556.